The molecule has 0 amide bonds. The van der Waals surface area contributed by atoms with E-state index in [-0.39, 0.29) is 0 Å². The molecule has 0 saturated carbocycles. The van der Waals surface area contributed by atoms with Crippen molar-refractivity contribution in [1.29, 1.82) is 0 Å². The maximum Gasteiger partial charge on any atom is 0.0702 e. The van der Waals surface area contributed by atoms with Crippen molar-refractivity contribution in [2.45, 2.75) is 6.54 Å². The van der Waals surface area contributed by atoms with E-state index in [4.69, 9.17) is 11.6 Å². The maximum absolute atomic E-state index is 6.16. The molecular formula is C13H13BrClN2S. The summed E-state index contributed by atoms with van der Waals surface area (Å²) in [6, 6.07) is 10.0. The molecule has 1 radical (unpaired) electrons. The molecule has 5 heteroatoms. The second-order valence-corrected chi connectivity index (χ2v) is 6.64. The highest BCUT2D eigenvalue weighted by molar-refractivity contribution is 9.11. The van der Waals surface area contributed by atoms with Crippen LogP contribution in [0, 0.1) is 6.92 Å². The van der Waals surface area contributed by atoms with Crippen molar-refractivity contribution in [3.05, 3.63) is 50.9 Å². The van der Waals surface area contributed by atoms with Crippen molar-refractivity contribution >= 4 is 50.2 Å². The van der Waals surface area contributed by atoms with Crippen LogP contribution >= 0.6 is 38.9 Å². The third kappa shape index (κ3) is 3.64. The fourth-order valence-corrected chi connectivity index (χ4v) is 3.21. The second-order valence-electron chi connectivity index (χ2n) is 3.68. The summed E-state index contributed by atoms with van der Waals surface area (Å²) in [6.45, 7) is 5.16. The molecule has 2 N–H and O–H groups in total. The Kier molecular flexibility index (Phi) is 4.92. The lowest BCUT2D eigenvalue weighted by Crippen LogP contribution is -2.00. The Balaban J connectivity index is 1.99. The van der Waals surface area contributed by atoms with Crippen LogP contribution in [-0.4, -0.2) is 6.54 Å². The number of thiophene rings is 1. The standard InChI is InChI=1S/C13H13BrClN2S/c1-2-16-12-5-3-9(7-11(12)15)17-8-10-4-6-13(14)18-10/h3-7,16-17H,1-2,8H2. The van der Waals surface area contributed by atoms with Crippen molar-refractivity contribution in [1.82, 2.24) is 0 Å². The van der Waals surface area contributed by atoms with Crippen LogP contribution in [-0.2, 0) is 6.54 Å². The molecule has 1 aromatic heterocycles. The van der Waals surface area contributed by atoms with Gasteiger partial charge in [-0.1, -0.05) is 11.6 Å². The molecule has 0 saturated heterocycles. The van der Waals surface area contributed by atoms with Crippen molar-refractivity contribution in [3.63, 3.8) is 0 Å². The molecule has 0 spiro atoms. The molecule has 95 valence electrons. The lowest BCUT2D eigenvalue weighted by atomic mass is 10.2. The van der Waals surface area contributed by atoms with Crippen molar-refractivity contribution in [2.75, 3.05) is 17.2 Å². The third-order valence-corrected chi connectivity index (χ3v) is 4.32. The van der Waals surface area contributed by atoms with Gasteiger partial charge in [-0.05, 0) is 53.2 Å². The van der Waals surface area contributed by atoms with Gasteiger partial charge in [-0.2, -0.15) is 0 Å². The Labute approximate surface area is 124 Å². The van der Waals surface area contributed by atoms with E-state index in [0.717, 1.165) is 21.7 Å². The van der Waals surface area contributed by atoms with E-state index in [1.165, 1.54) is 4.88 Å². The predicted octanol–water partition coefficient (Wildman–Crippen LogP) is 5.02. The number of halogens is 2. The monoisotopic (exact) mass is 343 g/mol. The Hall–Kier alpha value is -0.710. The highest BCUT2D eigenvalue weighted by Gasteiger charge is 2.02. The summed E-state index contributed by atoms with van der Waals surface area (Å²) in [5.41, 5.74) is 1.93. The summed E-state index contributed by atoms with van der Waals surface area (Å²) in [5.74, 6) is 0. The average molecular weight is 345 g/mol. The number of anilines is 2. The molecule has 0 aliphatic heterocycles. The number of rotatable bonds is 5. The molecule has 2 aromatic rings. The predicted molar refractivity (Wildman–Crippen MR) is 84.6 cm³/mol. The lowest BCUT2D eigenvalue weighted by molar-refractivity contribution is 1.19. The molecular weight excluding hydrogens is 332 g/mol. The molecule has 0 unspecified atom stereocenters. The van der Waals surface area contributed by atoms with E-state index in [9.17, 15) is 0 Å². The van der Waals surface area contributed by atoms with Gasteiger partial charge in [-0.25, -0.2) is 0 Å². The largest absolute Gasteiger partial charge is 0.384 e. The Bertz CT molecular complexity index is 527. The smallest absolute Gasteiger partial charge is 0.0702 e. The van der Waals surface area contributed by atoms with Crippen LogP contribution in [0.25, 0.3) is 0 Å². The van der Waals surface area contributed by atoms with Crippen LogP contribution in [0.4, 0.5) is 11.4 Å². The first-order chi connectivity index (χ1) is 8.69. The number of benzene rings is 1. The normalized spacial score (nSPS) is 10.4. The van der Waals surface area contributed by atoms with Gasteiger partial charge in [-0.3, -0.25) is 0 Å². The van der Waals surface area contributed by atoms with E-state index >= 15 is 0 Å². The molecule has 0 bridgehead atoms. The minimum atomic E-state index is 0.621. The van der Waals surface area contributed by atoms with Crippen LogP contribution in [0.2, 0.25) is 5.02 Å². The van der Waals surface area contributed by atoms with Gasteiger partial charge in [0.15, 0.2) is 0 Å². The van der Waals surface area contributed by atoms with Crippen LogP contribution in [0.15, 0.2) is 34.1 Å². The summed E-state index contributed by atoms with van der Waals surface area (Å²) < 4.78 is 1.15. The first kappa shape index (κ1) is 13.7. The van der Waals surface area contributed by atoms with Gasteiger partial charge in [0, 0.05) is 23.7 Å². The van der Waals surface area contributed by atoms with Crippen molar-refractivity contribution < 1.29 is 0 Å². The van der Waals surface area contributed by atoms with Gasteiger partial charge in [0.05, 0.1) is 14.5 Å². The summed E-state index contributed by atoms with van der Waals surface area (Å²) >= 11 is 11.3. The van der Waals surface area contributed by atoms with Gasteiger partial charge in [0.1, 0.15) is 0 Å². The Morgan fingerprint density at radius 1 is 1.22 bits per heavy atom. The van der Waals surface area contributed by atoms with Crippen LogP contribution in [0.1, 0.15) is 4.88 Å². The fourth-order valence-electron chi connectivity index (χ4n) is 1.54. The first-order valence-electron chi connectivity index (χ1n) is 5.50. The maximum atomic E-state index is 6.16. The summed E-state index contributed by atoms with van der Waals surface area (Å²) in [6.07, 6.45) is 0. The molecule has 1 aromatic carbocycles. The van der Waals surface area contributed by atoms with E-state index in [0.29, 0.717) is 11.6 Å². The zero-order valence-electron chi connectivity index (χ0n) is 9.67. The van der Waals surface area contributed by atoms with Gasteiger partial charge in [0.2, 0.25) is 0 Å². The van der Waals surface area contributed by atoms with E-state index in [2.05, 4.69) is 45.6 Å². The van der Waals surface area contributed by atoms with Gasteiger partial charge < -0.3 is 10.6 Å². The zero-order valence-corrected chi connectivity index (χ0v) is 12.8. The van der Waals surface area contributed by atoms with E-state index in [1.807, 2.05) is 18.2 Å². The van der Waals surface area contributed by atoms with E-state index in [1.54, 1.807) is 11.3 Å². The molecule has 0 atom stereocenters. The zero-order chi connectivity index (χ0) is 13.0. The summed E-state index contributed by atoms with van der Waals surface area (Å²) in [5, 5.41) is 7.16. The van der Waals surface area contributed by atoms with Crippen LogP contribution < -0.4 is 10.6 Å². The van der Waals surface area contributed by atoms with Crippen LogP contribution in [0.3, 0.4) is 0 Å². The van der Waals surface area contributed by atoms with Crippen molar-refractivity contribution in [2.24, 2.45) is 0 Å². The lowest BCUT2D eigenvalue weighted by Gasteiger charge is -2.09. The van der Waals surface area contributed by atoms with Gasteiger partial charge in [0.25, 0.3) is 0 Å². The molecule has 1 heterocycles. The van der Waals surface area contributed by atoms with Crippen LogP contribution in [0.5, 0.6) is 0 Å². The average Bonchev–Trinajstić information content (AvgIpc) is 2.76. The third-order valence-electron chi connectivity index (χ3n) is 2.38. The highest BCUT2D eigenvalue weighted by atomic mass is 79.9. The summed E-state index contributed by atoms with van der Waals surface area (Å²) in [7, 11) is 0. The first-order valence-corrected chi connectivity index (χ1v) is 7.48. The topological polar surface area (TPSA) is 24.1 Å². The van der Waals surface area contributed by atoms with Crippen molar-refractivity contribution in [3.8, 4) is 0 Å². The molecule has 2 rings (SSSR count). The molecule has 2 nitrogen and oxygen atoms in total. The SMILES string of the molecule is [CH2]CNc1ccc(NCc2ccc(Br)s2)cc1Cl. The molecule has 0 aliphatic carbocycles. The number of hydrogen-bond acceptors (Lipinski definition) is 3. The molecule has 18 heavy (non-hydrogen) atoms. The van der Waals surface area contributed by atoms with Gasteiger partial charge in [-0.15, -0.1) is 11.3 Å². The number of hydrogen-bond donors (Lipinski definition) is 2. The number of nitrogens with one attached hydrogen (secondary N) is 2. The Morgan fingerprint density at radius 3 is 2.67 bits per heavy atom. The fraction of sp³-hybridized carbons (Fsp3) is 0.154. The summed E-state index contributed by atoms with van der Waals surface area (Å²) in [4.78, 5) is 1.28. The Morgan fingerprint density at radius 2 is 2.06 bits per heavy atom. The van der Waals surface area contributed by atoms with Gasteiger partial charge >= 0.3 is 0 Å². The highest BCUT2D eigenvalue weighted by Crippen LogP contribution is 2.27. The minimum absolute atomic E-state index is 0.621. The second kappa shape index (κ2) is 6.45. The molecule has 0 fully saturated rings. The quantitative estimate of drug-likeness (QED) is 0.795. The minimum Gasteiger partial charge on any atom is -0.384 e. The van der Waals surface area contributed by atoms with E-state index < -0.39 is 0 Å². The molecule has 0 aliphatic rings.